The molecule has 0 spiro atoms. The zero-order valence-corrected chi connectivity index (χ0v) is 9.30. The van der Waals surface area contributed by atoms with Crippen LogP contribution in [0.5, 0.6) is 0 Å². The molecule has 2 aliphatic carbocycles. The van der Waals surface area contributed by atoms with Gasteiger partial charge in [-0.15, -0.1) is 0 Å². The molecule has 0 radical (unpaired) electrons. The SMILES string of the molecule is CCCCCC1CC2CCC(C2)C1=O. The van der Waals surface area contributed by atoms with Crippen LogP contribution in [-0.2, 0) is 4.79 Å². The number of carbonyl (C=O) groups excluding carboxylic acids is 1. The van der Waals surface area contributed by atoms with Crippen molar-refractivity contribution in [2.24, 2.45) is 17.8 Å². The first kappa shape index (κ1) is 10.2. The molecule has 0 aromatic rings. The van der Waals surface area contributed by atoms with Crippen molar-refractivity contribution in [3.63, 3.8) is 0 Å². The molecule has 0 aliphatic heterocycles. The van der Waals surface area contributed by atoms with Crippen molar-refractivity contribution in [3.05, 3.63) is 0 Å². The number of ketones is 1. The predicted molar refractivity (Wildman–Crippen MR) is 58.1 cm³/mol. The Bertz CT molecular complexity index is 209. The summed E-state index contributed by atoms with van der Waals surface area (Å²) in [5.41, 5.74) is 0. The Morgan fingerprint density at radius 3 is 2.86 bits per heavy atom. The summed E-state index contributed by atoms with van der Waals surface area (Å²) < 4.78 is 0. The summed E-state index contributed by atoms with van der Waals surface area (Å²) >= 11 is 0. The van der Waals surface area contributed by atoms with Crippen LogP contribution in [-0.4, -0.2) is 5.78 Å². The Balaban J connectivity index is 1.83. The third kappa shape index (κ3) is 2.02. The van der Waals surface area contributed by atoms with Gasteiger partial charge in [-0.3, -0.25) is 4.79 Å². The highest BCUT2D eigenvalue weighted by atomic mass is 16.1. The van der Waals surface area contributed by atoms with Crippen molar-refractivity contribution in [3.8, 4) is 0 Å². The predicted octanol–water partition coefficient (Wildman–Crippen LogP) is 3.57. The fourth-order valence-corrected chi connectivity index (χ4v) is 3.30. The van der Waals surface area contributed by atoms with E-state index in [0.717, 1.165) is 5.92 Å². The average molecular weight is 194 g/mol. The normalized spacial score (nSPS) is 36.4. The van der Waals surface area contributed by atoms with E-state index < -0.39 is 0 Å². The van der Waals surface area contributed by atoms with E-state index in [1.807, 2.05) is 0 Å². The first-order valence-corrected chi connectivity index (χ1v) is 6.35. The first-order chi connectivity index (χ1) is 6.81. The van der Waals surface area contributed by atoms with Gasteiger partial charge in [-0.25, -0.2) is 0 Å². The molecular weight excluding hydrogens is 172 g/mol. The zero-order chi connectivity index (χ0) is 9.97. The highest BCUT2D eigenvalue weighted by Crippen LogP contribution is 2.43. The Labute approximate surface area is 87.3 Å². The third-order valence-corrected chi connectivity index (χ3v) is 4.12. The molecule has 14 heavy (non-hydrogen) atoms. The topological polar surface area (TPSA) is 17.1 Å². The van der Waals surface area contributed by atoms with Gasteiger partial charge in [0, 0.05) is 11.8 Å². The first-order valence-electron chi connectivity index (χ1n) is 6.35. The lowest BCUT2D eigenvalue weighted by Crippen LogP contribution is -2.27. The number of carbonyl (C=O) groups is 1. The van der Waals surface area contributed by atoms with E-state index in [4.69, 9.17) is 0 Å². The summed E-state index contributed by atoms with van der Waals surface area (Å²) in [6.07, 6.45) is 10.0. The Morgan fingerprint density at radius 2 is 2.07 bits per heavy atom. The molecule has 80 valence electrons. The van der Waals surface area contributed by atoms with Crippen LogP contribution in [0.2, 0.25) is 0 Å². The lowest BCUT2D eigenvalue weighted by atomic mass is 9.77. The smallest absolute Gasteiger partial charge is 0.139 e. The minimum Gasteiger partial charge on any atom is -0.299 e. The fraction of sp³-hybridized carbons (Fsp3) is 0.923. The molecular formula is C13H22O. The maximum atomic E-state index is 12.0. The van der Waals surface area contributed by atoms with Crippen LogP contribution in [0.4, 0.5) is 0 Å². The quantitative estimate of drug-likeness (QED) is 0.625. The number of Topliss-reactive ketones (excluding diaryl/α,β-unsaturated/α-hetero) is 1. The molecule has 3 atom stereocenters. The van der Waals surface area contributed by atoms with Gasteiger partial charge in [0.2, 0.25) is 0 Å². The van der Waals surface area contributed by atoms with Gasteiger partial charge in [-0.05, 0) is 38.0 Å². The van der Waals surface area contributed by atoms with E-state index in [2.05, 4.69) is 6.92 Å². The summed E-state index contributed by atoms with van der Waals surface area (Å²) in [5.74, 6) is 2.45. The van der Waals surface area contributed by atoms with Gasteiger partial charge in [0.25, 0.3) is 0 Å². The lowest BCUT2D eigenvalue weighted by molar-refractivity contribution is -0.128. The Kier molecular flexibility index (Phi) is 3.25. The van der Waals surface area contributed by atoms with E-state index in [1.165, 1.54) is 51.4 Å². The van der Waals surface area contributed by atoms with Crippen LogP contribution < -0.4 is 0 Å². The number of rotatable bonds is 4. The number of hydrogen-bond donors (Lipinski definition) is 0. The molecule has 0 aromatic heterocycles. The molecule has 3 unspecified atom stereocenters. The zero-order valence-electron chi connectivity index (χ0n) is 9.30. The molecule has 1 heteroatoms. The second-order valence-corrected chi connectivity index (χ2v) is 5.21. The number of unbranched alkanes of at least 4 members (excludes halogenated alkanes) is 2. The maximum absolute atomic E-state index is 12.0. The van der Waals surface area contributed by atoms with E-state index in [-0.39, 0.29) is 0 Å². The molecule has 2 aliphatic rings. The van der Waals surface area contributed by atoms with Gasteiger partial charge in [-0.1, -0.05) is 26.2 Å². The van der Waals surface area contributed by atoms with Crippen molar-refractivity contribution in [1.29, 1.82) is 0 Å². The van der Waals surface area contributed by atoms with Crippen LogP contribution in [0, 0.1) is 17.8 Å². The van der Waals surface area contributed by atoms with Gasteiger partial charge >= 0.3 is 0 Å². The van der Waals surface area contributed by atoms with Crippen LogP contribution >= 0.6 is 0 Å². The highest BCUT2D eigenvalue weighted by molar-refractivity contribution is 5.84. The van der Waals surface area contributed by atoms with Gasteiger partial charge < -0.3 is 0 Å². The van der Waals surface area contributed by atoms with Crippen LogP contribution in [0.3, 0.4) is 0 Å². The number of hydrogen-bond acceptors (Lipinski definition) is 1. The molecule has 0 N–H and O–H groups in total. The lowest BCUT2D eigenvalue weighted by Gasteiger charge is -2.26. The third-order valence-electron chi connectivity index (χ3n) is 4.12. The van der Waals surface area contributed by atoms with E-state index in [0.29, 0.717) is 17.6 Å². The van der Waals surface area contributed by atoms with Crippen LogP contribution in [0.25, 0.3) is 0 Å². The van der Waals surface area contributed by atoms with E-state index in [9.17, 15) is 4.79 Å². The standard InChI is InChI=1S/C13H22O/c1-2-3-4-5-11-8-10-6-7-12(9-10)13(11)14/h10-12H,2-9H2,1H3. The summed E-state index contributed by atoms with van der Waals surface area (Å²) in [6.45, 7) is 2.23. The molecule has 2 bridgehead atoms. The molecule has 2 rings (SSSR count). The van der Waals surface area contributed by atoms with Crippen molar-refractivity contribution in [2.45, 2.75) is 58.3 Å². The minimum atomic E-state index is 0.452. The minimum absolute atomic E-state index is 0.452. The second-order valence-electron chi connectivity index (χ2n) is 5.21. The molecule has 2 fully saturated rings. The monoisotopic (exact) mass is 194 g/mol. The largest absolute Gasteiger partial charge is 0.299 e. The summed E-state index contributed by atoms with van der Waals surface area (Å²) in [4.78, 5) is 12.0. The van der Waals surface area contributed by atoms with E-state index in [1.54, 1.807) is 0 Å². The number of fused-ring (bicyclic) bond motifs is 2. The van der Waals surface area contributed by atoms with Gasteiger partial charge in [0.1, 0.15) is 5.78 Å². The van der Waals surface area contributed by atoms with Gasteiger partial charge in [0.05, 0.1) is 0 Å². The maximum Gasteiger partial charge on any atom is 0.139 e. The van der Waals surface area contributed by atoms with Crippen molar-refractivity contribution in [2.75, 3.05) is 0 Å². The van der Waals surface area contributed by atoms with Gasteiger partial charge in [-0.2, -0.15) is 0 Å². The van der Waals surface area contributed by atoms with Crippen LogP contribution in [0.1, 0.15) is 58.3 Å². The molecule has 0 aromatic carbocycles. The average Bonchev–Trinajstić information content (AvgIpc) is 2.58. The fourth-order valence-electron chi connectivity index (χ4n) is 3.30. The van der Waals surface area contributed by atoms with Crippen molar-refractivity contribution < 1.29 is 4.79 Å². The molecule has 0 heterocycles. The highest BCUT2D eigenvalue weighted by Gasteiger charge is 2.39. The Hall–Kier alpha value is -0.330. The van der Waals surface area contributed by atoms with Crippen molar-refractivity contribution >= 4 is 5.78 Å². The second kappa shape index (κ2) is 4.46. The summed E-state index contributed by atoms with van der Waals surface area (Å²) in [6, 6.07) is 0. The van der Waals surface area contributed by atoms with E-state index >= 15 is 0 Å². The molecule has 1 nitrogen and oxygen atoms in total. The summed E-state index contributed by atoms with van der Waals surface area (Å²) in [7, 11) is 0. The molecule has 0 saturated heterocycles. The molecule has 0 amide bonds. The summed E-state index contributed by atoms with van der Waals surface area (Å²) in [5, 5.41) is 0. The van der Waals surface area contributed by atoms with Gasteiger partial charge in [0.15, 0.2) is 0 Å². The Morgan fingerprint density at radius 1 is 1.21 bits per heavy atom. The molecule has 2 saturated carbocycles. The van der Waals surface area contributed by atoms with Crippen molar-refractivity contribution in [1.82, 2.24) is 0 Å². The van der Waals surface area contributed by atoms with Crippen LogP contribution in [0.15, 0.2) is 0 Å².